The predicted octanol–water partition coefficient (Wildman–Crippen LogP) is 2.14. The smallest absolute Gasteiger partial charge is 0.310 e. The van der Waals surface area contributed by atoms with E-state index >= 15 is 0 Å². The van der Waals surface area contributed by atoms with Crippen LogP contribution in [0.15, 0.2) is 12.2 Å². The van der Waals surface area contributed by atoms with Crippen LogP contribution in [-0.4, -0.2) is 36.5 Å². The van der Waals surface area contributed by atoms with E-state index in [1.165, 1.54) is 0 Å². The Balaban J connectivity index is 1.91. The summed E-state index contributed by atoms with van der Waals surface area (Å²) in [6.45, 7) is 3.56. The van der Waals surface area contributed by atoms with Gasteiger partial charge in [0, 0.05) is 19.0 Å². The van der Waals surface area contributed by atoms with Gasteiger partial charge in [-0.15, -0.1) is 0 Å². The van der Waals surface area contributed by atoms with Gasteiger partial charge in [0.15, 0.2) is 0 Å². The number of carbonyl (C=O) groups excluding carboxylic acids is 2. The normalized spacial score (nSPS) is 27.1. The zero-order chi connectivity index (χ0) is 13.7. The molecule has 1 fully saturated rings. The monoisotopic (exact) mass is 265 g/mol. The fraction of sp³-hybridized carbons (Fsp3) is 0.733. The zero-order valence-electron chi connectivity index (χ0n) is 11.6. The van der Waals surface area contributed by atoms with Gasteiger partial charge in [-0.25, -0.2) is 0 Å². The maximum absolute atomic E-state index is 12.4. The summed E-state index contributed by atoms with van der Waals surface area (Å²) >= 11 is 0. The van der Waals surface area contributed by atoms with Gasteiger partial charge in [0.2, 0.25) is 5.91 Å². The second-order valence-corrected chi connectivity index (χ2v) is 5.36. The number of rotatable bonds is 3. The van der Waals surface area contributed by atoms with Crippen LogP contribution in [0.1, 0.15) is 39.0 Å². The number of allylic oxidation sites excluding steroid dienone is 2. The highest BCUT2D eigenvalue weighted by molar-refractivity contribution is 5.80. The lowest BCUT2D eigenvalue weighted by Crippen LogP contribution is -2.45. The van der Waals surface area contributed by atoms with Crippen LogP contribution in [-0.2, 0) is 14.3 Å². The number of nitrogens with zero attached hydrogens (tertiary/aromatic N) is 1. The molecule has 0 spiro atoms. The van der Waals surface area contributed by atoms with Gasteiger partial charge < -0.3 is 9.64 Å². The summed E-state index contributed by atoms with van der Waals surface area (Å²) in [6.07, 6.45) is 8.76. The molecule has 2 rings (SSSR count). The van der Waals surface area contributed by atoms with Crippen LogP contribution in [0.4, 0.5) is 0 Å². The molecule has 0 aromatic rings. The van der Waals surface area contributed by atoms with Crippen LogP contribution in [0.3, 0.4) is 0 Å². The molecule has 0 aromatic heterocycles. The molecule has 1 saturated heterocycles. The molecule has 2 aliphatic rings. The topological polar surface area (TPSA) is 46.6 Å². The van der Waals surface area contributed by atoms with Crippen LogP contribution >= 0.6 is 0 Å². The molecule has 1 heterocycles. The van der Waals surface area contributed by atoms with Gasteiger partial charge >= 0.3 is 5.97 Å². The molecule has 0 N–H and O–H groups in total. The van der Waals surface area contributed by atoms with E-state index in [9.17, 15) is 9.59 Å². The number of amides is 1. The minimum atomic E-state index is -0.150. The van der Waals surface area contributed by atoms with E-state index in [0.717, 1.165) is 38.6 Å². The first-order valence-corrected chi connectivity index (χ1v) is 7.32. The van der Waals surface area contributed by atoms with Crippen molar-refractivity contribution in [1.82, 2.24) is 4.90 Å². The molecule has 4 heteroatoms. The second kappa shape index (κ2) is 6.73. The van der Waals surface area contributed by atoms with Crippen molar-refractivity contribution >= 4 is 11.9 Å². The molecule has 19 heavy (non-hydrogen) atoms. The van der Waals surface area contributed by atoms with Gasteiger partial charge in [-0.05, 0) is 39.0 Å². The van der Waals surface area contributed by atoms with E-state index in [-0.39, 0.29) is 23.7 Å². The van der Waals surface area contributed by atoms with Gasteiger partial charge in [-0.3, -0.25) is 9.59 Å². The third-order valence-electron chi connectivity index (χ3n) is 3.97. The standard InChI is InChI=1S/C15H23NO3/c1-2-19-15(18)13-9-6-10-16(11-13)14(17)12-7-4-3-5-8-12/h3-4,12-13H,2,5-11H2,1H3. The molecule has 106 valence electrons. The predicted molar refractivity (Wildman–Crippen MR) is 72.4 cm³/mol. The Bertz CT molecular complexity index is 364. The van der Waals surface area contributed by atoms with E-state index in [2.05, 4.69) is 12.2 Å². The lowest BCUT2D eigenvalue weighted by atomic mass is 9.91. The Morgan fingerprint density at radius 2 is 2.11 bits per heavy atom. The van der Waals surface area contributed by atoms with Gasteiger partial charge in [0.05, 0.1) is 12.5 Å². The highest BCUT2D eigenvalue weighted by Gasteiger charge is 2.32. The van der Waals surface area contributed by atoms with Crippen LogP contribution in [0.5, 0.6) is 0 Å². The number of esters is 1. The van der Waals surface area contributed by atoms with Crippen molar-refractivity contribution in [2.24, 2.45) is 11.8 Å². The average molecular weight is 265 g/mol. The summed E-state index contributed by atoms with van der Waals surface area (Å²) < 4.78 is 5.07. The first-order chi connectivity index (χ1) is 9.22. The van der Waals surface area contributed by atoms with Crippen molar-refractivity contribution in [2.75, 3.05) is 19.7 Å². The number of likely N-dealkylation sites (tertiary alicyclic amines) is 1. The molecule has 0 aromatic carbocycles. The molecule has 4 nitrogen and oxygen atoms in total. The SMILES string of the molecule is CCOC(=O)C1CCCN(C(=O)C2CC=CCC2)C1. The van der Waals surface area contributed by atoms with Gasteiger partial charge in [-0.2, -0.15) is 0 Å². The first kappa shape index (κ1) is 14.1. The Morgan fingerprint density at radius 1 is 1.26 bits per heavy atom. The highest BCUT2D eigenvalue weighted by atomic mass is 16.5. The Hall–Kier alpha value is -1.32. The third kappa shape index (κ3) is 3.58. The lowest BCUT2D eigenvalue weighted by Gasteiger charge is -2.34. The van der Waals surface area contributed by atoms with Gasteiger partial charge in [-0.1, -0.05) is 12.2 Å². The minimum absolute atomic E-state index is 0.117. The Labute approximate surface area is 114 Å². The number of piperidine rings is 1. The molecule has 2 atom stereocenters. The summed E-state index contributed by atoms with van der Waals surface area (Å²) in [5.74, 6) is 0.0598. The molecule has 1 aliphatic heterocycles. The summed E-state index contributed by atoms with van der Waals surface area (Å²) in [5.41, 5.74) is 0. The highest BCUT2D eigenvalue weighted by Crippen LogP contribution is 2.24. The maximum atomic E-state index is 12.4. The summed E-state index contributed by atoms with van der Waals surface area (Å²) in [5, 5.41) is 0. The van der Waals surface area contributed by atoms with E-state index in [1.807, 2.05) is 11.8 Å². The summed E-state index contributed by atoms with van der Waals surface area (Å²) in [7, 11) is 0. The molecule has 0 radical (unpaired) electrons. The second-order valence-electron chi connectivity index (χ2n) is 5.36. The minimum Gasteiger partial charge on any atom is -0.466 e. The Kier molecular flexibility index (Phi) is 5.00. The van der Waals surface area contributed by atoms with E-state index in [0.29, 0.717) is 13.2 Å². The molecule has 0 saturated carbocycles. The fourth-order valence-corrected chi connectivity index (χ4v) is 2.91. The average Bonchev–Trinajstić information content (AvgIpc) is 2.48. The molecule has 0 bridgehead atoms. The molecule has 2 unspecified atom stereocenters. The largest absolute Gasteiger partial charge is 0.466 e. The number of hydrogen-bond acceptors (Lipinski definition) is 3. The van der Waals surface area contributed by atoms with Crippen molar-refractivity contribution in [3.8, 4) is 0 Å². The quantitative estimate of drug-likeness (QED) is 0.580. The lowest BCUT2D eigenvalue weighted by molar-refractivity contribution is -0.152. The van der Waals surface area contributed by atoms with Crippen molar-refractivity contribution in [3.63, 3.8) is 0 Å². The van der Waals surface area contributed by atoms with Crippen LogP contribution in [0, 0.1) is 11.8 Å². The summed E-state index contributed by atoms with van der Waals surface area (Å²) in [6, 6.07) is 0. The van der Waals surface area contributed by atoms with Crippen LogP contribution in [0.2, 0.25) is 0 Å². The molecule has 1 amide bonds. The molecule has 1 aliphatic carbocycles. The summed E-state index contributed by atoms with van der Waals surface area (Å²) in [4.78, 5) is 26.1. The van der Waals surface area contributed by atoms with Crippen molar-refractivity contribution < 1.29 is 14.3 Å². The van der Waals surface area contributed by atoms with E-state index < -0.39 is 0 Å². The van der Waals surface area contributed by atoms with E-state index in [1.54, 1.807) is 0 Å². The number of hydrogen-bond donors (Lipinski definition) is 0. The van der Waals surface area contributed by atoms with Crippen LogP contribution < -0.4 is 0 Å². The van der Waals surface area contributed by atoms with Crippen LogP contribution in [0.25, 0.3) is 0 Å². The Morgan fingerprint density at radius 3 is 2.79 bits per heavy atom. The van der Waals surface area contributed by atoms with Crippen molar-refractivity contribution in [2.45, 2.75) is 39.0 Å². The van der Waals surface area contributed by atoms with Crippen molar-refractivity contribution in [1.29, 1.82) is 0 Å². The fourth-order valence-electron chi connectivity index (χ4n) is 2.91. The van der Waals surface area contributed by atoms with Gasteiger partial charge in [0.25, 0.3) is 0 Å². The van der Waals surface area contributed by atoms with Crippen molar-refractivity contribution in [3.05, 3.63) is 12.2 Å². The third-order valence-corrected chi connectivity index (χ3v) is 3.97. The number of carbonyl (C=O) groups is 2. The first-order valence-electron chi connectivity index (χ1n) is 7.32. The number of ether oxygens (including phenoxy) is 1. The molecular weight excluding hydrogens is 242 g/mol. The van der Waals surface area contributed by atoms with Gasteiger partial charge in [0.1, 0.15) is 0 Å². The zero-order valence-corrected chi connectivity index (χ0v) is 11.6. The van der Waals surface area contributed by atoms with E-state index in [4.69, 9.17) is 4.74 Å². The molecular formula is C15H23NO3. The maximum Gasteiger partial charge on any atom is 0.310 e.